The van der Waals surface area contributed by atoms with Gasteiger partial charge in [0.15, 0.2) is 0 Å². The Hall–Kier alpha value is -0.920. The molecule has 1 N–H and O–H groups in total. The van der Waals surface area contributed by atoms with E-state index in [1.807, 2.05) is 20.8 Å². The number of carbonyl (C=O) groups is 1. The zero-order valence-corrected chi connectivity index (χ0v) is 14.0. The number of carboxylic acid groups (broad SMARTS) is 1. The van der Waals surface area contributed by atoms with E-state index in [4.69, 9.17) is 5.11 Å². The first-order chi connectivity index (χ1) is 9.21. The van der Waals surface area contributed by atoms with Crippen molar-refractivity contribution in [3.63, 3.8) is 0 Å². The number of benzene rings is 1. The van der Waals surface area contributed by atoms with Gasteiger partial charge in [-0.1, -0.05) is 6.92 Å². The van der Waals surface area contributed by atoms with E-state index >= 15 is 0 Å². The van der Waals surface area contributed by atoms with Crippen LogP contribution in [0.15, 0.2) is 27.6 Å². The standard InChI is InChI=1S/C13H18BrNO4S/c1-4-7-15(9(2)3)20(18,19)12-6-5-10(13(16)17)8-11(12)14/h5-6,8-9H,4,7H2,1-3H3,(H,16,17). The molecule has 5 nitrogen and oxygen atoms in total. The molecule has 0 aliphatic heterocycles. The maximum atomic E-state index is 12.6. The van der Waals surface area contributed by atoms with Crippen LogP contribution in [0.5, 0.6) is 0 Å². The molecule has 0 bridgehead atoms. The molecule has 0 saturated heterocycles. The van der Waals surface area contributed by atoms with Gasteiger partial charge >= 0.3 is 5.97 Å². The summed E-state index contributed by atoms with van der Waals surface area (Å²) in [7, 11) is -3.64. The van der Waals surface area contributed by atoms with E-state index in [1.54, 1.807) is 0 Å². The number of sulfonamides is 1. The highest BCUT2D eigenvalue weighted by Crippen LogP contribution is 2.27. The van der Waals surface area contributed by atoms with Gasteiger partial charge in [0.1, 0.15) is 0 Å². The Morgan fingerprint density at radius 1 is 1.40 bits per heavy atom. The van der Waals surface area contributed by atoms with Crippen molar-refractivity contribution >= 4 is 31.9 Å². The molecule has 20 heavy (non-hydrogen) atoms. The molecule has 0 amide bonds. The van der Waals surface area contributed by atoms with E-state index in [-0.39, 0.29) is 21.0 Å². The van der Waals surface area contributed by atoms with Crippen LogP contribution >= 0.6 is 15.9 Å². The molecule has 0 saturated carbocycles. The highest BCUT2D eigenvalue weighted by Gasteiger charge is 2.28. The molecule has 0 aliphatic carbocycles. The van der Waals surface area contributed by atoms with Crippen molar-refractivity contribution in [3.05, 3.63) is 28.2 Å². The highest BCUT2D eigenvalue weighted by molar-refractivity contribution is 9.10. The normalized spacial score (nSPS) is 12.1. The minimum atomic E-state index is -3.64. The van der Waals surface area contributed by atoms with Crippen molar-refractivity contribution in [1.29, 1.82) is 0 Å². The topological polar surface area (TPSA) is 74.7 Å². The molecular formula is C13H18BrNO4S. The van der Waals surface area contributed by atoms with Crippen molar-refractivity contribution in [1.82, 2.24) is 4.31 Å². The van der Waals surface area contributed by atoms with Gasteiger partial charge in [-0.15, -0.1) is 0 Å². The molecule has 0 unspecified atom stereocenters. The maximum Gasteiger partial charge on any atom is 0.335 e. The van der Waals surface area contributed by atoms with Crippen LogP contribution in [-0.4, -0.2) is 36.4 Å². The molecule has 1 rings (SSSR count). The average Bonchev–Trinajstić information content (AvgIpc) is 2.34. The van der Waals surface area contributed by atoms with Crippen LogP contribution in [0.1, 0.15) is 37.6 Å². The summed E-state index contributed by atoms with van der Waals surface area (Å²) in [6.07, 6.45) is 0.711. The van der Waals surface area contributed by atoms with E-state index in [1.165, 1.54) is 22.5 Å². The largest absolute Gasteiger partial charge is 0.478 e. The molecule has 0 atom stereocenters. The molecule has 0 aliphatic rings. The average molecular weight is 364 g/mol. The predicted molar refractivity (Wildman–Crippen MR) is 80.4 cm³/mol. The Morgan fingerprint density at radius 2 is 2.00 bits per heavy atom. The zero-order valence-electron chi connectivity index (χ0n) is 11.6. The van der Waals surface area contributed by atoms with E-state index in [9.17, 15) is 13.2 Å². The highest BCUT2D eigenvalue weighted by atomic mass is 79.9. The van der Waals surface area contributed by atoms with Gasteiger partial charge in [0, 0.05) is 17.1 Å². The first-order valence-corrected chi connectivity index (χ1v) is 8.49. The van der Waals surface area contributed by atoms with Crippen LogP contribution in [-0.2, 0) is 10.0 Å². The second-order valence-electron chi connectivity index (χ2n) is 4.66. The Morgan fingerprint density at radius 3 is 2.40 bits per heavy atom. The Balaban J connectivity index is 3.31. The summed E-state index contributed by atoms with van der Waals surface area (Å²) < 4.78 is 26.9. The Bertz CT molecular complexity index is 598. The number of halogens is 1. The molecule has 1 aromatic rings. The molecule has 112 valence electrons. The second-order valence-corrected chi connectivity index (χ2v) is 7.37. The predicted octanol–water partition coefficient (Wildman–Crippen LogP) is 2.96. The molecular weight excluding hydrogens is 346 g/mol. The number of hydrogen-bond donors (Lipinski definition) is 1. The van der Waals surface area contributed by atoms with Gasteiger partial charge in [-0.2, -0.15) is 4.31 Å². The fourth-order valence-corrected chi connectivity index (χ4v) is 4.61. The maximum absolute atomic E-state index is 12.6. The fraction of sp³-hybridized carbons (Fsp3) is 0.462. The Labute approximate surface area is 127 Å². The summed E-state index contributed by atoms with van der Waals surface area (Å²) in [5.41, 5.74) is 0.0439. The van der Waals surface area contributed by atoms with Gasteiger partial charge in [-0.3, -0.25) is 0 Å². The van der Waals surface area contributed by atoms with Crippen molar-refractivity contribution in [2.45, 2.75) is 38.1 Å². The zero-order chi connectivity index (χ0) is 15.5. The minimum Gasteiger partial charge on any atom is -0.478 e. The number of aromatic carboxylic acids is 1. The smallest absolute Gasteiger partial charge is 0.335 e. The van der Waals surface area contributed by atoms with E-state index in [0.717, 1.165) is 0 Å². The van der Waals surface area contributed by atoms with Crippen molar-refractivity contribution in [3.8, 4) is 0 Å². The third-order valence-electron chi connectivity index (χ3n) is 2.79. The van der Waals surface area contributed by atoms with Gasteiger partial charge in [0.25, 0.3) is 0 Å². The summed E-state index contributed by atoms with van der Waals surface area (Å²) in [5.74, 6) is -1.09. The van der Waals surface area contributed by atoms with Gasteiger partial charge in [0.2, 0.25) is 10.0 Å². The molecule has 0 aromatic heterocycles. The summed E-state index contributed by atoms with van der Waals surface area (Å²) in [4.78, 5) is 11.0. The van der Waals surface area contributed by atoms with E-state index in [0.29, 0.717) is 13.0 Å². The lowest BCUT2D eigenvalue weighted by molar-refractivity contribution is 0.0696. The fourth-order valence-electron chi connectivity index (χ4n) is 1.85. The quantitative estimate of drug-likeness (QED) is 0.842. The first kappa shape index (κ1) is 17.1. The third kappa shape index (κ3) is 3.59. The van der Waals surface area contributed by atoms with Crippen LogP contribution < -0.4 is 0 Å². The minimum absolute atomic E-state index is 0.0439. The molecule has 0 heterocycles. The van der Waals surface area contributed by atoms with Crippen LogP contribution in [0.4, 0.5) is 0 Å². The number of rotatable bonds is 6. The van der Waals surface area contributed by atoms with Crippen LogP contribution in [0.3, 0.4) is 0 Å². The first-order valence-electron chi connectivity index (χ1n) is 6.26. The van der Waals surface area contributed by atoms with E-state index < -0.39 is 16.0 Å². The van der Waals surface area contributed by atoms with Gasteiger partial charge in [0.05, 0.1) is 10.5 Å². The summed E-state index contributed by atoms with van der Waals surface area (Å²) in [5, 5.41) is 8.90. The van der Waals surface area contributed by atoms with Crippen LogP contribution in [0.25, 0.3) is 0 Å². The molecule has 0 spiro atoms. The molecule has 7 heteroatoms. The van der Waals surface area contributed by atoms with Gasteiger partial charge in [-0.25, -0.2) is 13.2 Å². The number of carboxylic acids is 1. The van der Waals surface area contributed by atoms with Gasteiger partial charge in [-0.05, 0) is 54.4 Å². The molecule has 0 fully saturated rings. The van der Waals surface area contributed by atoms with Crippen LogP contribution in [0, 0.1) is 0 Å². The van der Waals surface area contributed by atoms with Crippen molar-refractivity contribution in [2.24, 2.45) is 0 Å². The summed E-state index contributed by atoms with van der Waals surface area (Å²) in [6, 6.07) is 3.77. The van der Waals surface area contributed by atoms with Crippen LogP contribution in [0.2, 0.25) is 0 Å². The number of nitrogens with zero attached hydrogens (tertiary/aromatic N) is 1. The monoisotopic (exact) mass is 363 g/mol. The molecule has 1 aromatic carbocycles. The van der Waals surface area contributed by atoms with Crippen molar-refractivity contribution < 1.29 is 18.3 Å². The lowest BCUT2D eigenvalue weighted by atomic mass is 10.2. The lowest BCUT2D eigenvalue weighted by Crippen LogP contribution is -2.37. The number of hydrogen-bond acceptors (Lipinski definition) is 3. The second kappa shape index (κ2) is 6.69. The van der Waals surface area contributed by atoms with Gasteiger partial charge < -0.3 is 5.11 Å². The Kier molecular flexibility index (Phi) is 5.73. The summed E-state index contributed by atoms with van der Waals surface area (Å²) >= 11 is 3.15. The molecule has 0 radical (unpaired) electrons. The lowest BCUT2D eigenvalue weighted by Gasteiger charge is -2.26. The van der Waals surface area contributed by atoms with E-state index in [2.05, 4.69) is 15.9 Å². The summed E-state index contributed by atoms with van der Waals surface area (Å²) in [6.45, 7) is 5.96. The third-order valence-corrected chi connectivity index (χ3v) is 5.84. The SMILES string of the molecule is CCCN(C(C)C)S(=O)(=O)c1ccc(C(=O)O)cc1Br. The van der Waals surface area contributed by atoms with Crippen molar-refractivity contribution in [2.75, 3.05) is 6.54 Å².